The van der Waals surface area contributed by atoms with Gasteiger partial charge in [0.2, 0.25) is 5.91 Å². The second-order valence-corrected chi connectivity index (χ2v) is 7.68. The van der Waals surface area contributed by atoms with Crippen molar-refractivity contribution in [2.75, 3.05) is 25.7 Å². The van der Waals surface area contributed by atoms with Gasteiger partial charge in [-0.05, 0) is 50.1 Å². The summed E-state index contributed by atoms with van der Waals surface area (Å²) in [5.41, 5.74) is 5.10. The minimum atomic E-state index is -0.116. The Bertz CT molecular complexity index is 1080. The van der Waals surface area contributed by atoms with Crippen LogP contribution >= 0.6 is 0 Å². The molecule has 0 radical (unpaired) electrons. The van der Waals surface area contributed by atoms with Crippen molar-refractivity contribution in [3.05, 3.63) is 52.8 Å². The van der Waals surface area contributed by atoms with E-state index >= 15 is 0 Å². The van der Waals surface area contributed by atoms with E-state index in [1.165, 1.54) is 5.56 Å². The lowest BCUT2D eigenvalue weighted by atomic mass is 10.0. The van der Waals surface area contributed by atoms with E-state index in [-0.39, 0.29) is 11.8 Å². The molecule has 7 nitrogen and oxygen atoms in total. The standard InChI is InChI=1S/C23H25N3O4/c1-13-8-14(2)21(15(3)9-13)26-12-17(11-20(26)27)22-24-23(30-25-22)16-6-7-18(28-4)19(10-16)29-5/h6-10,17H,11-12H2,1-5H3. The Morgan fingerprint density at radius 1 is 1.03 bits per heavy atom. The van der Waals surface area contributed by atoms with Crippen LogP contribution in [-0.2, 0) is 4.79 Å². The summed E-state index contributed by atoms with van der Waals surface area (Å²) in [6, 6.07) is 9.63. The van der Waals surface area contributed by atoms with E-state index in [0.717, 1.165) is 22.4 Å². The molecular formula is C23H25N3O4. The fraction of sp³-hybridized carbons (Fsp3) is 0.348. The first-order chi connectivity index (χ1) is 14.4. The third-order valence-electron chi connectivity index (χ3n) is 5.47. The summed E-state index contributed by atoms with van der Waals surface area (Å²) in [6.45, 7) is 6.68. The van der Waals surface area contributed by atoms with Gasteiger partial charge in [0.15, 0.2) is 17.3 Å². The topological polar surface area (TPSA) is 77.7 Å². The Balaban J connectivity index is 1.59. The third-order valence-corrected chi connectivity index (χ3v) is 5.47. The molecule has 1 saturated heterocycles. The number of carbonyl (C=O) groups excluding carboxylic acids is 1. The fourth-order valence-corrected chi connectivity index (χ4v) is 4.18. The summed E-state index contributed by atoms with van der Waals surface area (Å²) < 4.78 is 16.1. The van der Waals surface area contributed by atoms with Crippen molar-refractivity contribution in [3.8, 4) is 23.0 Å². The minimum absolute atomic E-state index is 0.0764. The highest BCUT2D eigenvalue weighted by Crippen LogP contribution is 2.36. The lowest BCUT2D eigenvalue weighted by Gasteiger charge is -2.22. The SMILES string of the molecule is COc1ccc(-c2nc(C3CC(=O)N(c4c(C)cc(C)cc4C)C3)no2)cc1OC. The molecule has 7 heteroatoms. The minimum Gasteiger partial charge on any atom is -0.493 e. The number of anilines is 1. The highest BCUT2D eigenvalue weighted by atomic mass is 16.5. The van der Waals surface area contributed by atoms with Gasteiger partial charge in [-0.15, -0.1) is 0 Å². The maximum atomic E-state index is 12.8. The molecule has 1 aliphatic heterocycles. The molecule has 1 fully saturated rings. The van der Waals surface area contributed by atoms with E-state index in [0.29, 0.717) is 36.2 Å². The highest BCUT2D eigenvalue weighted by Gasteiger charge is 2.36. The summed E-state index contributed by atoms with van der Waals surface area (Å²) in [4.78, 5) is 19.2. The molecular weight excluding hydrogens is 382 g/mol. The van der Waals surface area contributed by atoms with E-state index in [2.05, 4.69) is 29.2 Å². The summed E-state index contributed by atoms with van der Waals surface area (Å²) in [5.74, 6) is 2.10. The van der Waals surface area contributed by atoms with Gasteiger partial charge in [-0.2, -0.15) is 4.98 Å². The van der Waals surface area contributed by atoms with E-state index in [9.17, 15) is 4.79 Å². The Morgan fingerprint density at radius 3 is 2.40 bits per heavy atom. The van der Waals surface area contributed by atoms with Crippen LogP contribution < -0.4 is 14.4 Å². The monoisotopic (exact) mass is 407 g/mol. The predicted molar refractivity (Wildman–Crippen MR) is 113 cm³/mol. The van der Waals surface area contributed by atoms with Crippen LogP contribution in [0.5, 0.6) is 11.5 Å². The quantitative estimate of drug-likeness (QED) is 0.631. The summed E-state index contributed by atoms with van der Waals surface area (Å²) in [7, 11) is 3.16. The highest BCUT2D eigenvalue weighted by molar-refractivity contribution is 5.97. The lowest BCUT2D eigenvalue weighted by Crippen LogP contribution is -2.26. The van der Waals surface area contributed by atoms with Crippen LogP contribution in [0.15, 0.2) is 34.9 Å². The van der Waals surface area contributed by atoms with E-state index in [4.69, 9.17) is 14.0 Å². The predicted octanol–water partition coefficient (Wildman–Crippen LogP) is 4.20. The van der Waals surface area contributed by atoms with Gasteiger partial charge in [0.25, 0.3) is 5.89 Å². The van der Waals surface area contributed by atoms with Gasteiger partial charge in [-0.1, -0.05) is 22.9 Å². The van der Waals surface area contributed by atoms with Crippen LogP contribution in [0.1, 0.15) is 34.9 Å². The largest absolute Gasteiger partial charge is 0.493 e. The van der Waals surface area contributed by atoms with Crippen LogP contribution in [0.25, 0.3) is 11.5 Å². The zero-order valence-electron chi connectivity index (χ0n) is 17.9. The van der Waals surface area contributed by atoms with Crippen LogP contribution in [-0.4, -0.2) is 36.8 Å². The first-order valence-corrected chi connectivity index (χ1v) is 9.85. The number of carbonyl (C=O) groups is 1. The number of rotatable bonds is 5. The molecule has 0 bridgehead atoms. The Hall–Kier alpha value is -3.35. The first kappa shape index (κ1) is 19.9. The van der Waals surface area contributed by atoms with Crippen LogP contribution in [0.3, 0.4) is 0 Å². The van der Waals surface area contributed by atoms with Crippen LogP contribution in [0.2, 0.25) is 0 Å². The number of aryl methyl sites for hydroxylation is 3. The van der Waals surface area contributed by atoms with Gasteiger partial charge in [-0.3, -0.25) is 4.79 Å². The van der Waals surface area contributed by atoms with E-state index in [1.807, 2.05) is 24.8 Å². The Labute approximate surface area is 175 Å². The molecule has 1 amide bonds. The summed E-state index contributed by atoms with van der Waals surface area (Å²) in [5, 5.41) is 4.16. The van der Waals surface area contributed by atoms with Crippen molar-refractivity contribution in [2.45, 2.75) is 33.1 Å². The van der Waals surface area contributed by atoms with Gasteiger partial charge in [-0.25, -0.2) is 0 Å². The molecule has 2 aromatic carbocycles. The number of hydrogen-bond donors (Lipinski definition) is 0. The van der Waals surface area contributed by atoms with Crippen molar-refractivity contribution >= 4 is 11.6 Å². The summed E-state index contributed by atoms with van der Waals surface area (Å²) in [6.07, 6.45) is 0.359. The maximum Gasteiger partial charge on any atom is 0.258 e. The number of methoxy groups -OCH3 is 2. The van der Waals surface area contributed by atoms with Crippen molar-refractivity contribution in [2.24, 2.45) is 0 Å². The fourth-order valence-electron chi connectivity index (χ4n) is 4.18. The molecule has 4 rings (SSSR count). The molecule has 1 unspecified atom stereocenters. The molecule has 0 saturated carbocycles. The number of amides is 1. The van der Waals surface area contributed by atoms with Crippen molar-refractivity contribution in [3.63, 3.8) is 0 Å². The third kappa shape index (κ3) is 3.51. The van der Waals surface area contributed by atoms with Gasteiger partial charge >= 0.3 is 0 Å². The number of benzene rings is 2. The van der Waals surface area contributed by atoms with Crippen molar-refractivity contribution in [1.82, 2.24) is 10.1 Å². The van der Waals surface area contributed by atoms with Gasteiger partial charge < -0.3 is 18.9 Å². The zero-order valence-corrected chi connectivity index (χ0v) is 17.9. The molecule has 2 heterocycles. The summed E-state index contributed by atoms with van der Waals surface area (Å²) >= 11 is 0. The number of nitrogens with zero attached hydrogens (tertiary/aromatic N) is 3. The van der Waals surface area contributed by atoms with Crippen molar-refractivity contribution in [1.29, 1.82) is 0 Å². The Kier molecular flexibility index (Phi) is 5.20. The normalized spacial score (nSPS) is 16.2. The molecule has 3 aromatic rings. The van der Waals surface area contributed by atoms with Crippen LogP contribution in [0.4, 0.5) is 5.69 Å². The molecule has 156 valence electrons. The zero-order chi connectivity index (χ0) is 21.4. The number of hydrogen-bond acceptors (Lipinski definition) is 6. The molecule has 0 spiro atoms. The molecule has 0 aliphatic carbocycles. The molecule has 1 aromatic heterocycles. The second-order valence-electron chi connectivity index (χ2n) is 7.68. The first-order valence-electron chi connectivity index (χ1n) is 9.85. The maximum absolute atomic E-state index is 12.8. The number of ether oxygens (including phenoxy) is 2. The lowest BCUT2D eigenvalue weighted by molar-refractivity contribution is -0.117. The molecule has 1 atom stereocenters. The van der Waals surface area contributed by atoms with Crippen molar-refractivity contribution < 1.29 is 18.8 Å². The smallest absolute Gasteiger partial charge is 0.258 e. The average molecular weight is 407 g/mol. The van der Waals surface area contributed by atoms with Gasteiger partial charge in [0.05, 0.1) is 14.2 Å². The second kappa shape index (κ2) is 7.82. The van der Waals surface area contributed by atoms with E-state index < -0.39 is 0 Å². The van der Waals surface area contributed by atoms with E-state index in [1.54, 1.807) is 26.4 Å². The molecule has 30 heavy (non-hydrogen) atoms. The van der Waals surface area contributed by atoms with Gasteiger partial charge in [0.1, 0.15) is 0 Å². The molecule has 1 aliphatic rings. The Morgan fingerprint density at radius 2 is 1.73 bits per heavy atom. The average Bonchev–Trinajstić information content (AvgIpc) is 3.34. The van der Waals surface area contributed by atoms with Gasteiger partial charge in [0, 0.05) is 30.1 Å². The number of aromatic nitrogens is 2. The van der Waals surface area contributed by atoms with Crippen LogP contribution in [0, 0.1) is 20.8 Å². The molecule has 0 N–H and O–H groups in total.